The number of hydrogen-bond acceptors (Lipinski definition) is 4. The average Bonchev–Trinajstić information content (AvgIpc) is 3.06. The first-order chi connectivity index (χ1) is 10.9. The summed E-state index contributed by atoms with van der Waals surface area (Å²) in [5.74, 6) is -1.89. The summed E-state index contributed by atoms with van der Waals surface area (Å²) in [6.07, 6.45) is 1.63. The standard InChI is InChI=1S/C16H20F2N4O/c1-21-14(4-6-20-21)13-10-12(19)2-3-15(13)23-9-8-22-7-5-16(17,18)11-22/h2-4,6,10H,5,7-9,11,19H2,1H3. The van der Waals surface area contributed by atoms with Crippen LogP contribution in [0.25, 0.3) is 11.3 Å². The lowest BCUT2D eigenvalue weighted by Crippen LogP contribution is -2.29. The third-order valence-electron chi connectivity index (χ3n) is 4.01. The minimum absolute atomic E-state index is 0.0743. The molecule has 23 heavy (non-hydrogen) atoms. The molecule has 0 radical (unpaired) electrons. The zero-order chi connectivity index (χ0) is 16.4. The highest BCUT2D eigenvalue weighted by atomic mass is 19.3. The molecule has 1 aliphatic heterocycles. The second-order valence-corrected chi connectivity index (χ2v) is 5.83. The second kappa shape index (κ2) is 6.16. The van der Waals surface area contributed by atoms with E-state index >= 15 is 0 Å². The molecule has 2 aromatic rings. The summed E-state index contributed by atoms with van der Waals surface area (Å²) in [6.45, 7) is 1.05. The van der Waals surface area contributed by atoms with Crippen LogP contribution in [-0.4, -0.2) is 46.8 Å². The highest BCUT2D eigenvalue weighted by Crippen LogP contribution is 2.32. The van der Waals surface area contributed by atoms with Crippen LogP contribution in [0.3, 0.4) is 0 Å². The monoisotopic (exact) mass is 322 g/mol. The van der Waals surface area contributed by atoms with Gasteiger partial charge in [0.1, 0.15) is 12.4 Å². The van der Waals surface area contributed by atoms with Gasteiger partial charge in [0, 0.05) is 44.0 Å². The molecule has 3 rings (SSSR count). The lowest BCUT2D eigenvalue weighted by Gasteiger charge is -2.17. The fraction of sp³-hybridized carbons (Fsp3) is 0.438. The molecule has 1 aromatic heterocycles. The Bertz CT molecular complexity index is 686. The van der Waals surface area contributed by atoms with Crippen LogP contribution in [0.5, 0.6) is 5.75 Å². The van der Waals surface area contributed by atoms with E-state index in [1.165, 1.54) is 0 Å². The number of halogens is 2. The van der Waals surface area contributed by atoms with Crippen molar-refractivity contribution in [3.63, 3.8) is 0 Å². The van der Waals surface area contributed by atoms with Gasteiger partial charge in [0.2, 0.25) is 0 Å². The first-order valence-electron chi connectivity index (χ1n) is 7.55. The number of nitrogens with zero attached hydrogens (tertiary/aromatic N) is 3. The van der Waals surface area contributed by atoms with E-state index in [0.29, 0.717) is 31.1 Å². The number of aryl methyl sites for hydroxylation is 1. The molecule has 2 N–H and O–H groups in total. The van der Waals surface area contributed by atoms with Gasteiger partial charge < -0.3 is 10.5 Å². The maximum absolute atomic E-state index is 13.2. The van der Waals surface area contributed by atoms with Gasteiger partial charge in [0.05, 0.1) is 12.2 Å². The molecule has 5 nitrogen and oxygen atoms in total. The lowest BCUT2D eigenvalue weighted by molar-refractivity contribution is 0.0113. The number of aromatic nitrogens is 2. The number of hydrogen-bond donors (Lipinski definition) is 1. The Morgan fingerprint density at radius 1 is 1.35 bits per heavy atom. The van der Waals surface area contributed by atoms with E-state index in [0.717, 1.165) is 11.3 Å². The number of nitrogens with two attached hydrogens (primary N) is 1. The zero-order valence-electron chi connectivity index (χ0n) is 13.0. The van der Waals surface area contributed by atoms with Gasteiger partial charge in [0.15, 0.2) is 0 Å². The maximum atomic E-state index is 13.2. The molecular formula is C16H20F2N4O. The van der Waals surface area contributed by atoms with Crippen LogP contribution in [0, 0.1) is 0 Å². The number of anilines is 1. The molecule has 2 heterocycles. The van der Waals surface area contributed by atoms with Gasteiger partial charge in [-0.1, -0.05) is 0 Å². The van der Waals surface area contributed by atoms with Crippen LogP contribution in [-0.2, 0) is 7.05 Å². The molecule has 0 saturated carbocycles. The van der Waals surface area contributed by atoms with E-state index in [-0.39, 0.29) is 13.0 Å². The van der Waals surface area contributed by atoms with Crippen molar-refractivity contribution in [1.29, 1.82) is 0 Å². The molecular weight excluding hydrogens is 302 g/mol. The summed E-state index contributed by atoms with van der Waals surface area (Å²) in [5.41, 5.74) is 8.23. The van der Waals surface area contributed by atoms with Gasteiger partial charge in [-0.15, -0.1) is 0 Å². The summed E-state index contributed by atoms with van der Waals surface area (Å²) in [4.78, 5) is 1.72. The number of rotatable bonds is 5. The summed E-state index contributed by atoms with van der Waals surface area (Å²) in [7, 11) is 1.84. The maximum Gasteiger partial charge on any atom is 0.261 e. The molecule has 1 aliphatic rings. The van der Waals surface area contributed by atoms with E-state index in [1.807, 2.05) is 19.2 Å². The number of alkyl halides is 2. The fourth-order valence-electron chi connectivity index (χ4n) is 2.79. The smallest absolute Gasteiger partial charge is 0.261 e. The molecule has 1 saturated heterocycles. The van der Waals surface area contributed by atoms with Crippen LogP contribution in [0.15, 0.2) is 30.5 Å². The van der Waals surface area contributed by atoms with Crippen LogP contribution in [0.2, 0.25) is 0 Å². The van der Waals surface area contributed by atoms with Crippen molar-refractivity contribution in [2.45, 2.75) is 12.3 Å². The Morgan fingerprint density at radius 2 is 2.17 bits per heavy atom. The Labute approximate surface area is 133 Å². The van der Waals surface area contributed by atoms with Crippen LogP contribution in [0.4, 0.5) is 14.5 Å². The quantitative estimate of drug-likeness (QED) is 0.859. The Kier molecular flexibility index (Phi) is 4.21. The first kappa shape index (κ1) is 15.7. The van der Waals surface area contributed by atoms with E-state index in [1.54, 1.807) is 27.9 Å². The molecule has 0 unspecified atom stereocenters. The molecule has 0 atom stereocenters. The van der Waals surface area contributed by atoms with Gasteiger partial charge in [-0.25, -0.2) is 8.78 Å². The van der Waals surface area contributed by atoms with Gasteiger partial charge in [-0.05, 0) is 24.3 Å². The van der Waals surface area contributed by atoms with Crippen LogP contribution in [0.1, 0.15) is 6.42 Å². The minimum Gasteiger partial charge on any atom is -0.492 e. The average molecular weight is 322 g/mol. The molecule has 0 spiro atoms. The highest BCUT2D eigenvalue weighted by Gasteiger charge is 2.37. The number of nitrogen functional groups attached to an aromatic ring is 1. The zero-order valence-corrected chi connectivity index (χ0v) is 13.0. The molecule has 1 fully saturated rings. The second-order valence-electron chi connectivity index (χ2n) is 5.83. The van der Waals surface area contributed by atoms with Crippen molar-refractivity contribution in [3.8, 4) is 17.0 Å². The molecule has 0 aliphatic carbocycles. The predicted octanol–water partition coefficient (Wildman–Crippen LogP) is 2.39. The minimum atomic E-state index is -2.57. The topological polar surface area (TPSA) is 56.3 Å². The van der Waals surface area contributed by atoms with E-state index in [2.05, 4.69) is 5.10 Å². The van der Waals surface area contributed by atoms with E-state index in [4.69, 9.17) is 10.5 Å². The summed E-state index contributed by atoms with van der Waals surface area (Å²) >= 11 is 0. The van der Waals surface area contributed by atoms with E-state index in [9.17, 15) is 8.78 Å². The van der Waals surface area contributed by atoms with Crippen LogP contribution >= 0.6 is 0 Å². The molecule has 7 heteroatoms. The Balaban J connectivity index is 1.68. The van der Waals surface area contributed by atoms with Gasteiger partial charge >= 0.3 is 0 Å². The summed E-state index contributed by atoms with van der Waals surface area (Å²) in [6, 6.07) is 7.27. The van der Waals surface area contributed by atoms with Crippen molar-refractivity contribution in [1.82, 2.24) is 14.7 Å². The first-order valence-corrected chi connectivity index (χ1v) is 7.55. The van der Waals surface area contributed by atoms with Crippen molar-refractivity contribution >= 4 is 5.69 Å². The third-order valence-corrected chi connectivity index (χ3v) is 4.01. The van der Waals surface area contributed by atoms with Crippen molar-refractivity contribution in [2.75, 3.05) is 32.0 Å². The normalized spacial score (nSPS) is 17.5. The molecule has 0 amide bonds. The fourth-order valence-corrected chi connectivity index (χ4v) is 2.79. The predicted molar refractivity (Wildman–Crippen MR) is 84.6 cm³/mol. The molecule has 0 bridgehead atoms. The number of ether oxygens (including phenoxy) is 1. The number of benzene rings is 1. The van der Waals surface area contributed by atoms with Crippen molar-refractivity contribution in [2.24, 2.45) is 7.05 Å². The summed E-state index contributed by atoms with van der Waals surface area (Å²) < 4.78 is 33.9. The highest BCUT2D eigenvalue weighted by molar-refractivity contribution is 5.71. The van der Waals surface area contributed by atoms with E-state index < -0.39 is 5.92 Å². The lowest BCUT2D eigenvalue weighted by atomic mass is 10.1. The van der Waals surface area contributed by atoms with Gasteiger partial charge in [0.25, 0.3) is 5.92 Å². The largest absolute Gasteiger partial charge is 0.492 e. The molecule has 1 aromatic carbocycles. The van der Waals surface area contributed by atoms with Gasteiger partial charge in [-0.2, -0.15) is 5.10 Å². The third kappa shape index (κ3) is 3.61. The van der Waals surface area contributed by atoms with Gasteiger partial charge in [-0.3, -0.25) is 9.58 Å². The Hall–Kier alpha value is -2.15. The summed E-state index contributed by atoms with van der Waals surface area (Å²) in [5, 5.41) is 4.15. The Morgan fingerprint density at radius 3 is 2.83 bits per heavy atom. The van der Waals surface area contributed by atoms with Crippen molar-refractivity contribution in [3.05, 3.63) is 30.5 Å². The number of likely N-dealkylation sites (tertiary alicyclic amines) is 1. The molecule has 124 valence electrons. The SMILES string of the molecule is Cn1nccc1-c1cc(N)ccc1OCCN1CCC(F)(F)C1. The van der Waals surface area contributed by atoms with Crippen molar-refractivity contribution < 1.29 is 13.5 Å². The van der Waals surface area contributed by atoms with Crippen LogP contribution < -0.4 is 10.5 Å².